The summed E-state index contributed by atoms with van der Waals surface area (Å²) in [6, 6.07) is 11.3. The Balaban J connectivity index is 1.95. The smallest absolute Gasteiger partial charge is 0.301 e. The summed E-state index contributed by atoms with van der Waals surface area (Å²) < 4.78 is 0. The van der Waals surface area contributed by atoms with E-state index in [9.17, 15) is 24.8 Å². The summed E-state index contributed by atoms with van der Waals surface area (Å²) in [6.07, 6.45) is 0. The van der Waals surface area contributed by atoms with Crippen LogP contribution in [0.1, 0.15) is 22.7 Å². The number of nitrogens with zero attached hydrogens (tertiary/aromatic N) is 4. The molecule has 1 aromatic heterocycles. The van der Waals surface area contributed by atoms with Crippen molar-refractivity contribution in [1.29, 1.82) is 0 Å². The number of ketones is 1. The first-order valence-corrected chi connectivity index (χ1v) is 9.65. The highest BCUT2D eigenvalue weighted by molar-refractivity contribution is 7.13. The van der Waals surface area contributed by atoms with Crippen LogP contribution in [0.2, 0.25) is 0 Å². The Morgan fingerprint density at radius 1 is 1.20 bits per heavy atom. The van der Waals surface area contributed by atoms with Crippen molar-refractivity contribution in [2.75, 3.05) is 4.90 Å². The number of aryl methyl sites for hydroxylation is 1. The molecule has 1 aliphatic heterocycles. The highest BCUT2D eigenvalue weighted by atomic mass is 32.1. The predicted molar refractivity (Wildman–Crippen MR) is 109 cm³/mol. The van der Waals surface area contributed by atoms with Gasteiger partial charge < -0.3 is 5.11 Å². The van der Waals surface area contributed by atoms with E-state index in [1.807, 2.05) is 6.92 Å². The van der Waals surface area contributed by atoms with Gasteiger partial charge in [-0.15, -0.1) is 10.2 Å². The van der Waals surface area contributed by atoms with E-state index in [1.165, 1.54) is 23.7 Å². The van der Waals surface area contributed by atoms with Crippen LogP contribution in [0.5, 0.6) is 0 Å². The molecular formula is C20H14N4O5S. The molecule has 150 valence electrons. The molecule has 10 heteroatoms. The largest absolute Gasteiger partial charge is 0.507 e. The van der Waals surface area contributed by atoms with Gasteiger partial charge in [0.15, 0.2) is 0 Å². The van der Waals surface area contributed by atoms with Gasteiger partial charge in [0, 0.05) is 17.7 Å². The molecule has 0 spiro atoms. The summed E-state index contributed by atoms with van der Waals surface area (Å²) in [5.41, 5.74) is 2.64. The number of rotatable bonds is 4. The van der Waals surface area contributed by atoms with Crippen molar-refractivity contribution in [3.63, 3.8) is 0 Å². The fourth-order valence-corrected chi connectivity index (χ4v) is 3.88. The molecular weight excluding hydrogens is 408 g/mol. The first-order valence-electron chi connectivity index (χ1n) is 8.77. The highest BCUT2D eigenvalue weighted by Gasteiger charge is 2.48. The number of aliphatic hydroxyl groups excluding tert-OH is 1. The number of nitro groups is 1. The van der Waals surface area contributed by atoms with Gasteiger partial charge in [-0.25, -0.2) is 0 Å². The zero-order valence-corrected chi connectivity index (χ0v) is 16.4. The van der Waals surface area contributed by atoms with Gasteiger partial charge in [-0.2, -0.15) is 0 Å². The lowest BCUT2D eigenvalue weighted by Gasteiger charge is -2.22. The number of non-ortho nitro benzene ring substituents is 1. The van der Waals surface area contributed by atoms with Crippen LogP contribution >= 0.6 is 11.3 Å². The Morgan fingerprint density at radius 2 is 1.93 bits per heavy atom. The number of anilines is 1. The summed E-state index contributed by atoms with van der Waals surface area (Å²) in [7, 11) is 0. The fourth-order valence-electron chi connectivity index (χ4n) is 3.29. The van der Waals surface area contributed by atoms with Crippen LogP contribution in [0, 0.1) is 17.0 Å². The van der Waals surface area contributed by atoms with E-state index in [0.717, 1.165) is 21.8 Å². The lowest BCUT2D eigenvalue weighted by atomic mass is 9.95. The summed E-state index contributed by atoms with van der Waals surface area (Å²) >= 11 is 1.04. The van der Waals surface area contributed by atoms with E-state index >= 15 is 0 Å². The first kappa shape index (κ1) is 19.4. The van der Waals surface area contributed by atoms with Crippen LogP contribution < -0.4 is 4.90 Å². The minimum absolute atomic E-state index is 0.150. The van der Waals surface area contributed by atoms with Crippen molar-refractivity contribution in [1.82, 2.24) is 10.2 Å². The number of Topliss-reactive ketones (excluding diaryl/α,β-unsaturated/α-hetero) is 1. The maximum atomic E-state index is 12.9. The summed E-state index contributed by atoms with van der Waals surface area (Å²) in [5.74, 6) is -2.16. The van der Waals surface area contributed by atoms with Gasteiger partial charge in [-0.05, 0) is 12.5 Å². The molecule has 0 unspecified atom stereocenters. The van der Waals surface area contributed by atoms with Crippen molar-refractivity contribution in [3.05, 3.63) is 86.4 Å². The number of benzene rings is 2. The van der Waals surface area contributed by atoms with Crippen molar-refractivity contribution in [2.24, 2.45) is 0 Å². The zero-order chi connectivity index (χ0) is 21.4. The lowest BCUT2D eigenvalue weighted by molar-refractivity contribution is -0.384. The lowest BCUT2D eigenvalue weighted by Crippen LogP contribution is -2.29. The number of hydrogen-bond acceptors (Lipinski definition) is 8. The molecule has 0 bridgehead atoms. The zero-order valence-electron chi connectivity index (χ0n) is 15.6. The summed E-state index contributed by atoms with van der Waals surface area (Å²) in [6.45, 7) is 1.88. The van der Waals surface area contributed by atoms with Crippen LogP contribution in [0.4, 0.5) is 10.8 Å². The first-order chi connectivity index (χ1) is 14.4. The third-order valence-electron chi connectivity index (χ3n) is 4.72. The Labute approximate surface area is 174 Å². The second-order valence-electron chi connectivity index (χ2n) is 6.61. The van der Waals surface area contributed by atoms with Crippen LogP contribution in [-0.4, -0.2) is 31.9 Å². The van der Waals surface area contributed by atoms with Crippen molar-refractivity contribution in [3.8, 4) is 0 Å². The Kier molecular flexibility index (Phi) is 4.84. The molecule has 30 heavy (non-hydrogen) atoms. The van der Waals surface area contributed by atoms with E-state index in [2.05, 4.69) is 10.2 Å². The average molecular weight is 422 g/mol. The van der Waals surface area contributed by atoms with E-state index in [4.69, 9.17) is 0 Å². The maximum absolute atomic E-state index is 12.9. The normalized spacial score (nSPS) is 18.0. The van der Waals surface area contributed by atoms with Crippen LogP contribution in [0.15, 0.2) is 59.6 Å². The van der Waals surface area contributed by atoms with Crippen LogP contribution in [-0.2, 0) is 9.59 Å². The number of carbonyl (C=O) groups excluding carboxylic acids is 2. The predicted octanol–water partition coefficient (Wildman–Crippen LogP) is 3.38. The van der Waals surface area contributed by atoms with E-state index in [-0.39, 0.29) is 22.2 Å². The number of aliphatic hydroxyl groups is 1. The van der Waals surface area contributed by atoms with Gasteiger partial charge in [-0.3, -0.25) is 24.6 Å². The molecule has 4 rings (SSSR count). The minimum Gasteiger partial charge on any atom is -0.507 e. The number of nitro benzene ring substituents is 1. The molecule has 1 saturated heterocycles. The van der Waals surface area contributed by atoms with Crippen molar-refractivity contribution >= 4 is 39.6 Å². The third kappa shape index (κ3) is 3.22. The standard InChI is InChI=1S/C20H14N4O5S/c1-11-5-7-12(8-6-11)17(25)15-16(13-3-2-4-14(9-13)24(28)29)23(19(27)18(15)26)20-22-21-10-30-20/h2-10,16,25H,1H3/t16-/m1/s1. The molecule has 1 fully saturated rings. The van der Waals surface area contributed by atoms with Gasteiger partial charge in [0.05, 0.1) is 16.5 Å². The Bertz CT molecular complexity index is 1190. The number of hydrogen-bond donors (Lipinski definition) is 1. The monoisotopic (exact) mass is 422 g/mol. The summed E-state index contributed by atoms with van der Waals surface area (Å²) in [5, 5.41) is 29.9. The summed E-state index contributed by atoms with van der Waals surface area (Å²) in [4.78, 5) is 37.5. The molecule has 9 nitrogen and oxygen atoms in total. The molecule has 1 N–H and O–H groups in total. The average Bonchev–Trinajstić information content (AvgIpc) is 3.35. The molecule has 1 aliphatic rings. The molecule has 3 aromatic rings. The second-order valence-corrected chi connectivity index (χ2v) is 7.42. The molecule has 0 radical (unpaired) electrons. The van der Waals surface area contributed by atoms with Gasteiger partial charge in [-0.1, -0.05) is 53.3 Å². The Morgan fingerprint density at radius 3 is 2.57 bits per heavy atom. The molecule has 0 saturated carbocycles. The highest BCUT2D eigenvalue weighted by Crippen LogP contribution is 2.43. The second kappa shape index (κ2) is 7.48. The topological polar surface area (TPSA) is 127 Å². The molecule has 2 heterocycles. The molecule has 0 aliphatic carbocycles. The van der Waals surface area contributed by atoms with Gasteiger partial charge in [0.25, 0.3) is 11.5 Å². The van der Waals surface area contributed by atoms with Gasteiger partial charge >= 0.3 is 5.91 Å². The Hall–Kier alpha value is -3.92. The quantitative estimate of drug-likeness (QED) is 0.224. The van der Waals surface area contributed by atoms with E-state index in [0.29, 0.717) is 11.1 Å². The van der Waals surface area contributed by atoms with Crippen molar-refractivity contribution in [2.45, 2.75) is 13.0 Å². The number of aromatic nitrogens is 2. The maximum Gasteiger partial charge on any atom is 0.301 e. The molecule has 1 amide bonds. The SMILES string of the molecule is Cc1ccc(C(O)=C2C(=O)C(=O)N(c3nncs3)[C@@H]2c2cccc([N+](=O)[O-])c2)cc1. The number of carbonyl (C=O) groups is 2. The van der Waals surface area contributed by atoms with Crippen LogP contribution in [0.3, 0.4) is 0 Å². The van der Waals surface area contributed by atoms with Crippen LogP contribution in [0.25, 0.3) is 5.76 Å². The van der Waals surface area contributed by atoms with Crippen molar-refractivity contribution < 1.29 is 19.6 Å². The molecule has 1 atom stereocenters. The third-order valence-corrected chi connectivity index (χ3v) is 5.41. The van der Waals surface area contributed by atoms with Gasteiger partial charge in [0.1, 0.15) is 11.3 Å². The minimum atomic E-state index is -1.08. The number of amides is 1. The van der Waals surface area contributed by atoms with E-state index < -0.39 is 22.7 Å². The van der Waals surface area contributed by atoms with E-state index in [1.54, 1.807) is 30.3 Å². The van der Waals surface area contributed by atoms with Gasteiger partial charge in [0.2, 0.25) is 5.13 Å². The molecule has 2 aromatic carbocycles. The fraction of sp³-hybridized carbons (Fsp3) is 0.100.